The van der Waals surface area contributed by atoms with Crippen molar-refractivity contribution in [3.8, 4) is 0 Å². The predicted octanol–water partition coefficient (Wildman–Crippen LogP) is 1.74. The van der Waals surface area contributed by atoms with Crippen LogP contribution in [0.15, 0.2) is 10.8 Å². The number of ether oxygens (including phenoxy) is 1. The number of rotatable bonds is 5. The molecule has 3 N–H and O–H groups in total. The highest BCUT2D eigenvalue weighted by molar-refractivity contribution is 9.10. The molecular weight excluding hydrogens is 362 g/mol. The van der Waals surface area contributed by atoms with Crippen molar-refractivity contribution < 1.29 is 9.84 Å². The number of fused-ring (bicyclic) bond motifs is 1. The highest BCUT2D eigenvalue weighted by Gasteiger charge is 2.26. The highest BCUT2D eigenvalue weighted by atomic mass is 79.9. The summed E-state index contributed by atoms with van der Waals surface area (Å²) in [5.74, 6) is 0.407. The van der Waals surface area contributed by atoms with Gasteiger partial charge >= 0.3 is 0 Å². The number of aliphatic hydroxyl groups is 1. The molecule has 0 saturated carbocycles. The summed E-state index contributed by atoms with van der Waals surface area (Å²) in [6.07, 6.45) is 2.50. The monoisotopic (exact) mass is 383 g/mol. The maximum atomic E-state index is 10.6. The van der Waals surface area contributed by atoms with Crippen molar-refractivity contribution in [3.63, 3.8) is 0 Å². The standard InChI is InChI=1S/C15H22BrN5O2/c1-2-3-11(22)12-10(8-20-4-6-23-7-5-20)21-14(13(12)16)15(17)18-9-19-21/h9,11,22H,2-8H2,1H3,(H2,17,18,19). The lowest BCUT2D eigenvalue weighted by molar-refractivity contribution is 0.0329. The zero-order chi connectivity index (χ0) is 16.4. The van der Waals surface area contributed by atoms with Gasteiger partial charge in [-0.25, -0.2) is 9.50 Å². The van der Waals surface area contributed by atoms with E-state index in [1.165, 1.54) is 6.33 Å². The van der Waals surface area contributed by atoms with Crippen molar-refractivity contribution in [1.29, 1.82) is 0 Å². The molecule has 0 aliphatic carbocycles. The van der Waals surface area contributed by atoms with Crippen molar-refractivity contribution in [1.82, 2.24) is 19.5 Å². The first-order valence-corrected chi connectivity index (χ1v) is 8.70. The summed E-state index contributed by atoms with van der Waals surface area (Å²) in [6, 6.07) is 0. The molecule has 1 saturated heterocycles. The average molecular weight is 384 g/mol. The zero-order valence-corrected chi connectivity index (χ0v) is 14.8. The van der Waals surface area contributed by atoms with Crippen LogP contribution < -0.4 is 5.73 Å². The topological polar surface area (TPSA) is 88.9 Å². The van der Waals surface area contributed by atoms with Crippen molar-refractivity contribution in [2.75, 3.05) is 32.0 Å². The van der Waals surface area contributed by atoms with Gasteiger partial charge in [0.1, 0.15) is 11.8 Å². The molecule has 2 aromatic rings. The Labute approximate surface area is 143 Å². The molecule has 0 spiro atoms. The number of hydrogen-bond acceptors (Lipinski definition) is 6. The summed E-state index contributed by atoms with van der Waals surface area (Å²) in [4.78, 5) is 6.38. The number of aromatic nitrogens is 3. The number of nitrogens with two attached hydrogens (primary N) is 1. The second-order valence-corrected chi connectivity index (χ2v) is 6.57. The minimum atomic E-state index is -0.550. The molecule has 8 heteroatoms. The van der Waals surface area contributed by atoms with E-state index in [9.17, 15) is 5.11 Å². The van der Waals surface area contributed by atoms with Gasteiger partial charge in [0, 0.05) is 25.2 Å². The van der Waals surface area contributed by atoms with Crippen LogP contribution in [-0.2, 0) is 11.3 Å². The Morgan fingerprint density at radius 2 is 2.17 bits per heavy atom. The Morgan fingerprint density at radius 3 is 2.87 bits per heavy atom. The third kappa shape index (κ3) is 3.21. The van der Waals surface area contributed by atoms with Crippen LogP contribution in [0.2, 0.25) is 0 Å². The molecule has 0 bridgehead atoms. The molecule has 1 aliphatic heterocycles. The van der Waals surface area contributed by atoms with E-state index in [2.05, 4.69) is 37.8 Å². The molecule has 0 aromatic carbocycles. The molecule has 1 aliphatic rings. The van der Waals surface area contributed by atoms with E-state index in [0.29, 0.717) is 18.8 Å². The largest absolute Gasteiger partial charge is 0.388 e. The normalized spacial score (nSPS) is 17.7. The third-order valence-electron chi connectivity index (χ3n) is 4.20. The maximum absolute atomic E-state index is 10.6. The number of nitrogen functional groups attached to an aromatic ring is 1. The number of morpholine rings is 1. The number of anilines is 1. The van der Waals surface area contributed by atoms with Crippen LogP contribution in [0.25, 0.3) is 5.52 Å². The van der Waals surface area contributed by atoms with Crippen LogP contribution in [0.5, 0.6) is 0 Å². The molecule has 1 unspecified atom stereocenters. The van der Waals surface area contributed by atoms with Crippen LogP contribution >= 0.6 is 15.9 Å². The van der Waals surface area contributed by atoms with Gasteiger partial charge in [-0.2, -0.15) is 5.10 Å². The predicted molar refractivity (Wildman–Crippen MR) is 91.1 cm³/mol. The summed E-state index contributed by atoms with van der Waals surface area (Å²) < 4.78 is 8.01. The SMILES string of the molecule is CCCC(O)c1c(Br)c2c(N)ncnn2c1CN1CCOCC1. The Morgan fingerprint density at radius 1 is 1.43 bits per heavy atom. The van der Waals surface area contributed by atoms with Gasteiger partial charge in [0.15, 0.2) is 5.82 Å². The van der Waals surface area contributed by atoms with Gasteiger partial charge in [0.05, 0.1) is 29.5 Å². The lowest BCUT2D eigenvalue weighted by atomic mass is 10.0. The molecule has 1 fully saturated rings. The molecule has 126 valence electrons. The molecule has 2 aromatic heterocycles. The first kappa shape index (κ1) is 16.6. The Kier molecular flexibility index (Phi) is 5.15. The summed E-state index contributed by atoms with van der Waals surface area (Å²) in [6.45, 7) is 5.96. The molecule has 3 heterocycles. The summed E-state index contributed by atoms with van der Waals surface area (Å²) in [7, 11) is 0. The fourth-order valence-corrected chi connectivity index (χ4v) is 3.89. The number of hydrogen-bond donors (Lipinski definition) is 2. The first-order valence-electron chi connectivity index (χ1n) is 7.91. The quantitative estimate of drug-likeness (QED) is 0.817. The smallest absolute Gasteiger partial charge is 0.152 e. The van der Waals surface area contributed by atoms with E-state index in [1.54, 1.807) is 4.52 Å². The summed E-state index contributed by atoms with van der Waals surface area (Å²) >= 11 is 3.60. The highest BCUT2D eigenvalue weighted by Crippen LogP contribution is 2.37. The lowest BCUT2D eigenvalue weighted by Gasteiger charge is -2.27. The summed E-state index contributed by atoms with van der Waals surface area (Å²) in [5, 5.41) is 15.0. The van der Waals surface area contributed by atoms with Crippen LogP contribution in [0.3, 0.4) is 0 Å². The third-order valence-corrected chi connectivity index (χ3v) is 5.00. The van der Waals surface area contributed by atoms with Crippen molar-refractivity contribution >= 4 is 27.3 Å². The average Bonchev–Trinajstić information content (AvgIpc) is 2.82. The molecule has 7 nitrogen and oxygen atoms in total. The van der Waals surface area contributed by atoms with E-state index < -0.39 is 6.10 Å². The van der Waals surface area contributed by atoms with Crippen LogP contribution in [0.4, 0.5) is 5.82 Å². The summed E-state index contributed by atoms with van der Waals surface area (Å²) in [5.41, 5.74) is 8.58. The van der Waals surface area contributed by atoms with Gasteiger partial charge in [-0.05, 0) is 22.4 Å². The molecular formula is C15H22BrN5O2. The zero-order valence-electron chi connectivity index (χ0n) is 13.2. The second-order valence-electron chi connectivity index (χ2n) is 5.77. The van der Waals surface area contributed by atoms with Gasteiger partial charge in [-0.1, -0.05) is 13.3 Å². The van der Waals surface area contributed by atoms with E-state index in [4.69, 9.17) is 10.5 Å². The Balaban J connectivity index is 2.08. The molecule has 0 radical (unpaired) electrons. The van der Waals surface area contributed by atoms with Gasteiger partial charge in [-0.3, -0.25) is 4.90 Å². The van der Waals surface area contributed by atoms with E-state index in [-0.39, 0.29) is 0 Å². The van der Waals surface area contributed by atoms with E-state index in [1.807, 2.05) is 0 Å². The number of aliphatic hydroxyl groups excluding tert-OH is 1. The molecule has 1 atom stereocenters. The number of nitrogens with zero attached hydrogens (tertiary/aromatic N) is 4. The second kappa shape index (κ2) is 7.12. The van der Waals surface area contributed by atoms with E-state index >= 15 is 0 Å². The van der Waals surface area contributed by atoms with Gasteiger partial charge < -0.3 is 15.6 Å². The van der Waals surface area contributed by atoms with Gasteiger partial charge in [0.25, 0.3) is 0 Å². The van der Waals surface area contributed by atoms with Crippen molar-refractivity contribution in [2.45, 2.75) is 32.4 Å². The maximum Gasteiger partial charge on any atom is 0.152 e. The van der Waals surface area contributed by atoms with Crippen LogP contribution in [0, 0.1) is 0 Å². The molecule has 23 heavy (non-hydrogen) atoms. The van der Waals surface area contributed by atoms with Gasteiger partial charge in [-0.15, -0.1) is 0 Å². The Hall–Kier alpha value is -1.22. The first-order chi connectivity index (χ1) is 11.1. The van der Waals surface area contributed by atoms with Crippen LogP contribution in [0.1, 0.15) is 37.1 Å². The van der Waals surface area contributed by atoms with Crippen molar-refractivity contribution in [2.24, 2.45) is 0 Å². The van der Waals surface area contributed by atoms with Crippen LogP contribution in [-0.4, -0.2) is 50.9 Å². The molecule has 0 amide bonds. The number of halogens is 1. The van der Waals surface area contributed by atoms with Crippen molar-refractivity contribution in [3.05, 3.63) is 22.1 Å². The van der Waals surface area contributed by atoms with Gasteiger partial charge in [0.2, 0.25) is 0 Å². The lowest BCUT2D eigenvalue weighted by Crippen LogP contribution is -2.36. The fourth-order valence-electron chi connectivity index (χ4n) is 3.03. The minimum Gasteiger partial charge on any atom is -0.388 e. The minimum absolute atomic E-state index is 0.407. The molecule has 3 rings (SSSR count). The fraction of sp³-hybridized carbons (Fsp3) is 0.600. The Bertz CT molecular complexity index is 684. The van der Waals surface area contributed by atoms with E-state index in [0.717, 1.165) is 54.0 Å².